The van der Waals surface area contributed by atoms with Crippen LogP contribution in [0.2, 0.25) is 0 Å². The summed E-state index contributed by atoms with van der Waals surface area (Å²) in [6.07, 6.45) is 15.7. The summed E-state index contributed by atoms with van der Waals surface area (Å²) in [6.45, 7) is 1.87. The number of anilines is 1. The first-order valence-electron chi connectivity index (χ1n) is 12.6. The average molecular weight is 442 g/mol. The fourth-order valence-corrected chi connectivity index (χ4v) is 6.55. The minimum Gasteiger partial charge on any atom is -0.478 e. The van der Waals surface area contributed by atoms with Gasteiger partial charge in [-0.3, -0.25) is 4.79 Å². The average Bonchev–Trinajstić information content (AvgIpc) is 3.18. The third-order valence-electron chi connectivity index (χ3n) is 8.46. The van der Waals surface area contributed by atoms with Crippen molar-refractivity contribution in [3.05, 3.63) is 18.0 Å². The number of carboxylic acid groups (broad SMARTS) is 1. The Labute approximate surface area is 190 Å². The van der Waals surface area contributed by atoms with E-state index in [4.69, 9.17) is 9.84 Å². The van der Waals surface area contributed by atoms with Crippen LogP contribution in [0.15, 0.2) is 12.4 Å². The van der Waals surface area contributed by atoms with Crippen LogP contribution in [-0.2, 0) is 9.53 Å². The summed E-state index contributed by atoms with van der Waals surface area (Å²) in [7, 11) is 0. The minimum absolute atomic E-state index is 0.0835. The van der Waals surface area contributed by atoms with Gasteiger partial charge < -0.3 is 14.7 Å². The van der Waals surface area contributed by atoms with Gasteiger partial charge in [-0.05, 0) is 75.0 Å². The quantitative estimate of drug-likeness (QED) is 0.601. The highest BCUT2D eigenvalue weighted by molar-refractivity contribution is 5.86. The molecule has 2 unspecified atom stereocenters. The van der Waals surface area contributed by atoms with Gasteiger partial charge in [0.25, 0.3) is 0 Å². The number of aromatic carboxylic acids is 1. The highest BCUT2D eigenvalue weighted by atomic mass is 16.5. The van der Waals surface area contributed by atoms with Crippen LogP contribution in [0.5, 0.6) is 0 Å². The molecule has 1 saturated heterocycles. The number of piperidine rings is 1. The molecule has 32 heavy (non-hydrogen) atoms. The molecular formula is C25H35N3O4. The van der Waals surface area contributed by atoms with E-state index >= 15 is 0 Å². The van der Waals surface area contributed by atoms with Crippen molar-refractivity contribution in [3.63, 3.8) is 0 Å². The van der Waals surface area contributed by atoms with Gasteiger partial charge in [0.1, 0.15) is 6.10 Å². The second-order valence-corrected chi connectivity index (χ2v) is 10.4. The number of carbonyl (C=O) groups is 2. The number of hydrogen-bond acceptors (Lipinski definition) is 6. The summed E-state index contributed by atoms with van der Waals surface area (Å²) < 4.78 is 5.97. The van der Waals surface area contributed by atoms with Crippen LogP contribution in [0.25, 0.3) is 0 Å². The zero-order chi connectivity index (χ0) is 22.1. The molecule has 0 amide bonds. The van der Waals surface area contributed by atoms with Gasteiger partial charge in [0.15, 0.2) is 0 Å². The van der Waals surface area contributed by atoms with Crippen molar-refractivity contribution in [2.75, 3.05) is 18.0 Å². The Morgan fingerprint density at radius 1 is 1.00 bits per heavy atom. The lowest BCUT2D eigenvalue weighted by atomic mass is 9.77. The summed E-state index contributed by atoms with van der Waals surface area (Å²) in [5.74, 6) is 2.29. The van der Waals surface area contributed by atoms with E-state index in [1.54, 1.807) is 0 Å². The molecule has 3 atom stereocenters. The number of carboxylic acids is 1. The van der Waals surface area contributed by atoms with E-state index in [9.17, 15) is 9.59 Å². The summed E-state index contributed by atoms with van der Waals surface area (Å²) in [6, 6.07) is 0. The first-order chi connectivity index (χ1) is 15.6. The van der Waals surface area contributed by atoms with Gasteiger partial charge in [-0.25, -0.2) is 14.8 Å². The molecule has 7 heteroatoms. The second kappa shape index (κ2) is 9.36. The molecule has 0 bridgehead atoms. The number of esters is 1. The van der Waals surface area contributed by atoms with Crippen molar-refractivity contribution in [2.45, 2.75) is 76.7 Å². The molecule has 3 saturated carbocycles. The van der Waals surface area contributed by atoms with E-state index in [1.165, 1.54) is 57.3 Å². The Morgan fingerprint density at radius 2 is 1.62 bits per heavy atom. The van der Waals surface area contributed by atoms with Crippen LogP contribution < -0.4 is 4.90 Å². The molecule has 174 valence electrons. The number of rotatable bonds is 8. The van der Waals surface area contributed by atoms with Gasteiger partial charge in [-0.15, -0.1) is 0 Å². The Morgan fingerprint density at radius 3 is 2.25 bits per heavy atom. The largest absolute Gasteiger partial charge is 0.478 e. The standard InChI is InChI=1S/C25H35N3O4/c29-23(30)17-12-26-25(27-13-17)28-14-21-20(22(21)15-28)11-10-19(16-6-2-1-3-7-16)24(31)32-18-8-4-5-9-18/h12-13,16,18-22H,1-11,14-15H2,(H,29,30)/t19-,20?,21?,22?/m0/s1. The number of fused-ring (bicyclic) bond motifs is 1. The number of hydrogen-bond donors (Lipinski definition) is 1. The lowest BCUT2D eigenvalue weighted by Gasteiger charge is -2.30. The van der Waals surface area contributed by atoms with Gasteiger partial charge in [0.05, 0.1) is 11.5 Å². The monoisotopic (exact) mass is 441 g/mol. The lowest BCUT2D eigenvalue weighted by molar-refractivity contribution is -0.156. The molecule has 4 fully saturated rings. The molecule has 1 aromatic rings. The Hall–Kier alpha value is -2.18. The van der Waals surface area contributed by atoms with Gasteiger partial charge in [0, 0.05) is 25.5 Å². The Kier molecular flexibility index (Phi) is 6.33. The fourth-order valence-electron chi connectivity index (χ4n) is 6.55. The van der Waals surface area contributed by atoms with E-state index in [0.717, 1.165) is 38.8 Å². The third kappa shape index (κ3) is 4.62. The van der Waals surface area contributed by atoms with E-state index in [1.807, 2.05) is 0 Å². The summed E-state index contributed by atoms with van der Waals surface area (Å²) in [5.41, 5.74) is 0.120. The number of ether oxygens (including phenoxy) is 1. The van der Waals surface area contributed by atoms with Gasteiger partial charge in [0.2, 0.25) is 5.95 Å². The zero-order valence-corrected chi connectivity index (χ0v) is 18.8. The van der Waals surface area contributed by atoms with E-state index in [-0.39, 0.29) is 23.6 Å². The Balaban J connectivity index is 1.14. The van der Waals surface area contributed by atoms with Gasteiger partial charge >= 0.3 is 11.9 Å². The predicted molar refractivity (Wildman–Crippen MR) is 119 cm³/mol. The first kappa shape index (κ1) is 21.7. The molecule has 3 aliphatic carbocycles. The molecule has 0 aromatic carbocycles. The summed E-state index contributed by atoms with van der Waals surface area (Å²) in [4.78, 5) is 34.8. The van der Waals surface area contributed by atoms with Crippen molar-refractivity contribution in [2.24, 2.45) is 29.6 Å². The molecular weight excluding hydrogens is 406 g/mol. The summed E-state index contributed by atoms with van der Waals surface area (Å²) >= 11 is 0. The normalized spacial score (nSPS) is 29.0. The topological polar surface area (TPSA) is 92.6 Å². The van der Waals surface area contributed by atoms with Crippen LogP contribution >= 0.6 is 0 Å². The van der Waals surface area contributed by atoms with E-state index in [2.05, 4.69) is 14.9 Å². The van der Waals surface area contributed by atoms with Crippen LogP contribution in [0.1, 0.15) is 81.0 Å². The van der Waals surface area contributed by atoms with Crippen LogP contribution in [0, 0.1) is 29.6 Å². The van der Waals surface area contributed by atoms with Crippen LogP contribution in [0.3, 0.4) is 0 Å². The molecule has 0 spiro atoms. The molecule has 1 N–H and O–H groups in total. The first-order valence-corrected chi connectivity index (χ1v) is 12.6. The molecule has 0 radical (unpaired) electrons. The van der Waals surface area contributed by atoms with E-state index in [0.29, 0.717) is 29.6 Å². The smallest absolute Gasteiger partial charge is 0.338 e. The highest BCUT2D eigenvalue weighted by Crippen LogP contribution is 2.55. The maximum Gasteiger partial charge on any atom is 0.338 e. The molecule has 4 aliphatic rings. The molecule has 1 aromatic heterocycles. The predicted octanol–water partition coefficient (Wildman–Crippen LogP) is 4.32. The van der Waals surface area contributed by atoms with Crippen LogP contribution in [0.4, 0.5) is 5.95 Å². The minimum atomic E-state index is -1.00. The van der Waals surface area contributed by atoms with Crippen molar-refractivity contribution in [1.82, 2.24) is 9.97 Å². The molecule has 7 nitrogen and oxygen atoms in total. The van der Waals surface area contributed by atoms with Gasteiger partial charge in [-0.1, -0.05) is 19.3 Å². The van der Waals surface area contributed by atoms with Crippen molar-refractivity contribution in [3.8, 4) is 0 Å². The van der Waals surface area contributed by atoms with Crippen molar-refractivity contribution in [1.29, 1.82) is 0 Å². The number of nitrogens with zero attached hydrogens (tertiary/aromatic N) is 3. The molecule has 2 heterocycles. The van der Waals surface area contributed by atoms with Gasteiger partial charge in [-0.2, -0.15) is 0 Å². The maximum absolute atomic E-state index is 13.1. The third-order valence-corrected chi connectivity index (χ3v) is 8.46. The number of carbonyl (C=O) groups excluding carboxylic acids is 1. The second-order valence-electron chi connectivity index (χ2n) is 10.4. The van der Waals surface area contributed by atoms with E-state index < -0.39 is 5.97 Å². The molecule has 1 aliphatic heterocycles. The lowest BCUT2D eigenvalue weighted by Crippen LogP contribution is -2.30. The molecule has 5 rings (SSSR count). The number of aromatic nitrogens is 2. The van der Waals surface area contributed by atoms with Crippen LogP contribution in [-0.4, -0.2) is 46.2 Å². The highest BCUT2D eigenvalue weighted by Gasteiger charge is 2.55. The summed E-state index contributed by atoms with van der Waals surface area (Å²) in [5, 5.41) is 9.01. The zero-order valence-electron chi connectivity index (χ0n) is 18.8. The van der Waals surface area contributed by atoms with Crippen molar-refractivity contribution < 1.29 is 19.4 Å². The SMILES string of the molecule is O=C(O)c1cnc(N2CC3C(CC[C@H](C(=O)OC4CCCC4)C4CCCCC4)C3C2)nc1. The maximum atomic E-state index is 13.1. The Bertz CT molecular complexity index is 805. The van der Waals surface area contributed by atoms with Crippen molar-refractivity contribution >= 4 is 17.9 Å². The fraction of sp³-hybridized carbons (Fsp3) is 0.760.